The lowest BCUT2D eigenvalue weighted by Gasteiger charge is -2.28. The maximum atomic E-state index is 5.90. The van der Waals surface area contributed by atoms with E-state index in [4.69, 9.17) is 14.2 Å². The molecule has 1 aliphatic heterocycles. The van der Waals surface area contributed by atoms with Gasteiger partial charge in [-0.3, -0.25) is 0 Å². The summed E-state index contributed by atoms with van der Waals surface area (Å²) in [4.78, 5) is 0. The van der Waals surface area contributed by atoms with Gasteiger partial charge in [-0.2, -0.15) is 0 Å². The summed E-state index contributed by atoms with van der Waals surface area (Å²) in [6, 6.07) is 23.1. The Kier molecular flexibility index (Phi) is 6.01. The molecule has 3 aromatic rings. The van der Waals surface area contributed by atoms with Gasteiger partial charge in [0.2, 0.25) is 0 Å². The first-order valence-corrected chi connectivity index (χ1v) is 10.0. The summed E-state index contributed by atoms with van der Waals surface area (Å²) in [7, 11) is 3.37. The summed E-state index contributed by atoms with van der Waals surface area (Å²) in [5.74, 6) is 2.47. The minimum absolute atomic E-state index is 0.259. The third-order valence-electron chi connectivity index (χ3n) is 5.42. The number of benzene rings is 3. The SMILES string of the molecule is COc1cc2c(cc1OC)C(Cc1ccc(OCc3ccccc3)cc1)NCC2. The molecule has 4 nitrogen and oxygen atoms in total. The Morgan fingerprint density at radius 1 is 0.862 bits per heavy atom. The summed E-state index contributed by atoms with van der Waals surface area (Å²) < 4.78 is 16.9. The van der Waals surface area contributed by atoms with Gasteiger partial charge in [-0.15, -0.1) is 0 Å². The number of fused-ring (bicyclic) bond motifs is 1. The van der Waals surface area contributed by atoms with E-state index in [0.29, 0.717) is 6.61 Å². The predicted molar refractivity (Wildman–Crippen MR) is 115 cm³/mol. The smallest absolute Gasteiger partial charge is 0.161 e. The van der Waals surface area contributed by atoms with Gasteiger partial charge in [-0.05, 0) is 65.9 Å². The zero-order chi connectivity index (χ0) is 20.1. The van der Waals surface area contributed by atoms with E-state index < -0.39 is 0 Å². The van der Waals surface area contributed by atoms with E-state index in [1.807, 2.05) is 18.2 Å². The molecule has 0 aliphatic carbocycles. The highest BCUT2D eigenvalue weighted by molar-refractivity contribution is 5.49. The van der Waals surface area contributed by atoms with E-state index in [2.05, 4.69) is 53.8 Å². The van der Waals surface area contributed by atoms with Gasteiger partial charge in [0.05, 0.1) is 14.2 Å². The second kappa shape index (κ2) is 9.01. The van der Waals surface area contributed by atoms with Gasteiger partial charge in [0.15, 0.2) is 11.5 Å². The minimum Gasteiger partial charge on any atom is -0.493 e. The van der Waals surface area contributed by atoms with Gasteiger partial charge in [0.25, 0.3) is 0 Å². The van der Waals surface area contributed by atoms with Crippen molar-refractivity contribution >= 4 is 0 Å². The molecule has 0 aromatic heterocycles. The molecule has 0 radical (unpaired) electrons. The molecule has 1 aliphatic rings. The van der Waals surface area contributed by atoms with Crippen molar-refractivity contribution in [3.05, 3.63) is 89.0 Å². The molecule has 150 valence electrons. The summed E-state index contributed by atoms with van der Waals surface area (Å²) in [6.07, 6.45) is 1.92. The molecule has 1 atom stereocenters. The number of nitrogens with one attached hydrogen (secondary N) is 1. The lowest BCUT2D eigenvalue weighted by atomic mass is 9.90. The first kappa shape index (κ1) is 19.3. The zero-order valence-corrected chi connectivity index (χ0v) is 17.0. The quantitative estimate of drug-likeness (QED) is 0.635. The van der Waals surface area contributed by atoms with E-state index in [1.54, 1.807) is 14.2 Å². The molecule has 1 heterocycles. The molecule has 29 heavy (non-hydrogen) atoms. The molecule has 4 rings (SSSR count). The molecule has 1 unspecified atom stereocenters. The third kappa shape index (κ3) is 4.54. The van der Waals surface area contributed by atoms with E-state index in [9.17, 15) is 0 Å². The second-order valence-corrected chi connectivity index (χ2v) is 7.29. The summed E-state index contributed by atoms with van der Waals surface area (Å²) in [5.41, 5.74) is 5.06. The van der Waals surface area contributed by atoms with Gasteiger partial charge in [-0.25, -0.2) is 0 Å². The third-order valence-corrected chi connectivity index (χ3v) is 5.42. The Labute approximate surface area is 172 Å². The van der Waals surface area contributed by atoms with Crippen molar-refractivity contribution in [1.82, 2.24) is 5.32 Å². The lowest BCUT2D eigenvalue weighted by molar-refractivity contribution is 0.306. The fraction of sp³-hybridized carbons (Fsp3) is 0.280. The molecule has 0 fully saturated rings. The van der Waals surface area contributed by atoms with Crippen LogP contribution < -0.4 is 19.5 Å². The highest BCUT2D eigenvalue weighted by Gasteiger charge is 2.22. The molecule has 0 amide bonds. The van der Waals surface area contributed by atoms with E-state index in [-0.39, 0.29) is 6.04 Å². The Hall–Kier alpha value is -2.98. The fourth-order valence-electron chi connectivity index (χ4n) is 3.85. The highest BCUT2D eigenvalue weighted by atomic mass is 16.5. The van der Waals surface area contributed by atoms with E-state index in [0.717, 1.165) is 36.6 Å². The van der Waals surface area contributed by atoms with Crippen LogP contribution in [-0.4, -0.2) is 20.8 Å². The molecule has 4 heteroatoms. The van der Waals surface area contributed by atoms with Crippen LogP contribution in [-0.2, 0) is 19.4 Å². The van der Waals surface area contributed by atoms with Crippen LogP contribution in [0.5, 0.6) is 17.2 Å². The van der Waals surface area contributed by atoms with Gasteiger partial charge >= 0.3 is 0 Å². The second-order valence-electron chi connectivity index (χ2n) is 7.29. The minimum atomic E-state index is 0.259. The Bertz CT molecular complexity index is 938. The van der Waals surface area contributed by atoms with Crippen molar-refractivity contribution in [3.63, 3.8) is 0 Å². The largest absolute Gasteiger partial charge is 0.493 e. The van der Waals surface area contributed by atoms with Gasteiger partial charge in [0.1, 0.15) is 12.4 Å². The number of methoxy groups -OCH3 is 2. The summed E-state index contributed by atoms with van der Waals surface area (Å²) >= 11 is 0. The standard InChI is InChI=1S/C25H27NO3/c1-27-24-15-20-12-13-26-23(22(20)16-25(24)28-2)14-18-8-10-21(11-9-18)29-17-19-6-4-3-5-7-19/h3-11,15-16,23,26H,12-14,17H2,1-2H3. The van der Waals surface area contributed by atoms with Crippen LogP contribution in [0.2, 0.25) is 0 Å². The predicted octanol–water partition coefficient (Wildman–Crippen LogP) is 4.71. The molecule has 0 saturated carbocycles. The molecule has 0 bridgehead atoms. The van der Waals surface area contributed by atoms with E-state index >= 15 is 0 Å². The molecular formula is C25H27NO3. The monoisotopic (exact) mass is 389 g/mol. The highest BCUT2D eigenvalue weighted by Crippen LogP contribution is 2.36. The molecular weight excluding hydrogens is 362 g/mol. The van der Waals surface area contributed by atoms with Crippen molar-refractivity contribution in [2.75, 3.05) is 20.8 Å². The number of hydrogen-bond donors (Lipinski definition) is 1. The average molecular weight is 389 g/mol. The van der Waals surface area contributed by atoms with Crippen LogP contribution in [0.3, 0.4) is 0 Å². The number of ether oxygens (including phenoxy) is 3. The number of hydrogen-bond acceptors (Lipinski definition) is 4. The first-order chi connectivity index (χ1) is 14.3. The number of rotatable bonds is 7. The fourth-order valence-corrected chi connectivity index (χ4v) is 3.85. The summed E-state index contributed by atoms with van der Waals surface area (Å²) in [6.45, 7) is 1.55. The Balaban J connectivity index is 1.45. The van der Waals surface area contributed by atoms with Gasteiger partial charge in [0, 0.05) is 6.04 Å². The van der Waals surface area contributed by atoms with E-state index in [1.165, 1.54) is 22.3 Å². The van der Waals surface area contributed by atoms with Crippen LogP contribution in [0.15, 0.2) is 66.7 Å². The summed E-state index contributed by atoms with van der Waals surface area (Å²) in [5, 5.41) is 3.65. The van der Waals surface area contributed by atoms with Crippen LogP contribution in [0.4, 0.5) is 0 Å². The van der Waals surface area contributed by atoms with Crippen molar-refractivity contribution in [2.45, 2.75) is 25.5 Å². The van der Waals surface area contributed by atoms with Crippen LogP contribution in [0.1, 0.15) is 28.3 Å². The zero-order valence-electron chi connectivity index (χ0n) is 17.0. The van der Waals surface area contributed by atoms with Crippen LogP contribution in [0, 0.1) is 0 Å². The van der Waals surface area contributed by atoms with Crippen LogP contribution in [0.25, 0.3) is 0 Å². The maximum Gasteiger partial charge on any atom is 0.161 e. The first-order valence-electron chi connectivity index (χ1n) is 10.0. The molecule has 0 saturated heterocycles. The Morgan fingerprint density at radius 2 is 1.59 bits per heavy atom. The van der Waals surface area contributed by atoms with Crippen molar-refractivity contribution in [2.24, 2.45) is 0 Å². The average Bonchev–Trinajstić information content (AvgIpc) is 2.78. The van der Waals surface area contributed by atoms with Gasteiger partial charge in [-0.1, -0.05) is 42.5 Å². The topological polar surface area (TPSA) is 39.7 Å². The molecule has 3 aromatic carbocycles. The van der Waals surface area contributed by atoms with Gasteiger partial charge < -0.3 is 19.5 Å². The van der Waals surface area contributed by atoms with Crippen molar-refractivity contribution in [3.8, 4) is 17.2 Å². The van der Waals surface area contributed by atoms with Crippen LogP contribution >= 0.6 is 0 Å². The Morgan fingerprint density at radius 3 is 2.31 bits per heavy atom. The lowest BCUT2D eigenvalue weighted by Crippen LogP contribution is -2.31. The van der Waals surface area contributed by atoms with Crippen molar-refractivity contribution < 1.29 is 14.2 Å². The van der Waals surface area contributed by atoms with Crippen molar-refractivity contribution in [1.29, 1.82) is 0 Å². The molecule has 0 spiro atoms. The molecule has 1 N–H and O–H groups in total. The normalized spacial score (nSPS) is 15.4. The maximum absolute atomic E-state index is 5.90.